The van der Waals surface area contributed by atoms with Crippen LogP contribution in [-0.4, -0.2) is 25.7 Å². The summed E-state index contributed by atoms with van der Waals surface area (Å²) in [6, 6.07) is 10.6. The van der Waals surface area contributed by atoms with E-state index < -0.39 is 5.41 Å². The number of hydrogen-bond donors (Lipinski definition) is 1. The van der Waals surface area contributed by atoms with E-state index in [1.54, 1.807) is 37.4 Å². The Kier molecular flexibility index (Phi) is 7.33. The average Bonchev–Trinajstić information content (AvgIpc) is 3.15. The number of rotatable bonds is 7. The molecule has 1 amide bonds. The number of methoxy groups -OCH3 is 1. The molecule has 1 N–H and O–H groups in total. The third-order valence-electron chi connectivity index (χ3n) is 5.26. The van der Waals surface area contributed by atoms with Gasteiger partial charge in [0.25, 0.3) is 0 Å². The predicted octanol–water partition coefficient (Wildman–Crippen LogP) is 6.51. The van der Waals surface area contributed by atoms with Crippen LogP contribution >= 0.6 is 34.8 Å². The fourth-order valence-electron chi connectivity index (χ4n) is 3.89. The van der Waals surface area contributed by atoms with Crippen molar-refractivity contribution in [3.63, 3.8) is 0 Å². The van der Waals surface area contributed by atoms with Gasteiger partial charge < -0.3 is 14.8 Å². The zero-order valence-electron chi connectivity index (χ0n) is 16.4. The highest BCUT2D eigenvalue weighted by Crippen LogP contribution is 2.45. The second kappa shape index (κ2) is 9.57. The summed E-state index contributed by atoms with van der Waals surface area (Å²) in [4.78, 5) is 13.3. The Labute approximate surface area is 186 Å². The zero-order valence-corrected chi connectivity index (χ0v) is 18.7. The summed E-state index contributed by atoms with van der Waals surface area (Å²) in [5, 5.41) is 4.51. The molecule has 0 aromatic heterocycles. The lowest BCUT2D eigenvalue weighted by atomic mass is 9.78. The summed E-state index contributed by atoms with van der Waals surface area (Å²) < 4.78 is 10.8. The van der Waals surface area contributed by atoms with Crippen molar-refractivity contribution in [3.05, 3.63) is 57.0 Å². The molecule has 0 saturated heterocycles. The van der Waals surface area contributed by atoms with Crippen molar-refractivity contribution in [2.45, 2.75) is 44.1 Å². The van der Waals surface area contributed by atoms with Gasteiger partial charge in [-0.2, -0.15) is 0 Å². The second-order valence-corrected chi connectivity index (χ2v) is 8.65. The third kappa shape index (κ3) is 5.00. The maximum Gasteiger partial charge on any atom is 0.235 e. The molecule has 0 unspecified atom stereocenters. The molecule has 7 heteroatoms. The zero-order chi connectivity index (χ0) is 21.0. The van der Waals surface area contributed by atoms with Gasteiger partial charge in [-0.15, -0.1) is 0 Å². The van der Waals surface area contributed by atoms with Gasteiger partial charge in [0.05, 0.1) is 17.0 Å². The van der Waals surface area contributed by atoms with Crippen LogP contribution in [-0.2, 0) is 14.9 Å². The van der Waals surface area contributed by atoms with Crippen LogP contribution in [0.4, 0.5) is 5.69 Å². The highest BCUT2D eigenvalue weighted by Gasteiger charge is 2.44. The number of amides is 1. The minimum atomic E-state index is -0.670. The summed E-state index contributed by atoms with van der Waals surface area (Å²) in [5.74, 6) is 0.460. The lowest BCUT2D eigenvalue weighted by molar-refractivity contribution is -0.121. The van der Waals surface area contributed by atoms with E-state index in [9.17, 15) is 4.79 Å². The molecule has 0 bridgehead atoms. The first-order chi connectivity index (χ1) is 13.9. The molecule has 2 aromatic rings. The van der Waals surface area contributed by atoms with Gasteiger partial charge in [-0.1, -0.05) is 53.7 Å². The van der Waals surface area contributed by atoms with E-state index in [-0.39, 0.29) is 12.0 Å². The van der Waals surface area contributed by atoms with Gasteiger partial charge in [0, 0.05) is 22.8 Å². The second-order valence-electron chi connectivity index (χ2n) is 7.40. The van der Waals surface area contributed by atoms with Crippen molar-refractivity contribution in [1.82, 2.24) is 0 Å². The fraction of sp³-hybridized carbons (Fsp3) is 0.409. The van der Waals surface area contributed by atoms with Crippen molar-refractivity contribution >= 4 is 46.4 Å². The molecule has 0 spiro atoms. The van der Waals surface area contributed by atoms with Gasteiger partial charge >= 0.3 is 0 Å². The van der Waals surface area contributed by atoms with E-state index in [4.69, 9.17) is 44.3 Å². The Morgan fingerprint density at radius 3 is 2.45 bits per heavy atom. The molecule has 1 fully saturated rings. The number of halogens is 3. The van der Waals surface area contributed by atoms with Gasteiger partial charge in [-0.05, 0) is 55.7 Å². The summed E-state index contributed by atoms with van der Waals surface area (Å²) in [5.41, 5.74) is 0.761. The first kappa shape index (κ1) is 22.2. The number of anilines is 1. The van der Waals surface area contributed by atoms with Gasteiger partial charge in [-0.3, -0.25) is 4.79 Å². The fourth-order valence-corrected chi connectivity index (χ4v) is 4.70. The van der Waals surface area contributed by atoms with Crippen LogP contribution in [0.15, 0.2) is 36.4 Å². The van der Waals surface area contributed by atoms with E-state index in [0.29, 0.717) is 33.1 Å². The van der Waals surface area contributed by atoms with Crippen LogP contribution in [0.5, 0.6) is 5.75 Å². The third-order valence-corrected chi connectivity index (χ3v) is 6.10. The molecule has 3 rings (SSSR count). The number of ether oxygens (including phenoxy) is 2. The van der Waals surface area contributed by atoms with Crippen LogP contribution in [0.2, 0.25) is 15.1 Å². The molecule has 156 valence electrons. The molecule has 2 aromatic carbocycles. The SMILES string of the molecule is COC[C@H](C)Oc1ccc(NC(=O)C2(c3ccc(Cl)cc3Cl)CCCC2)cc1Cl. The van der Waals surface area contributed by atoms with Gasteiger partial charge in [0.1, 0.15) is 11.9 Å². The maximum absolute atomic E-state index is 13.3. The van der Waals surface area contributed by atoms with E-state index in [2.05, 4.69) is 5.32 Å². The van der Waals surface area contributed by atoms with Crippen LogP contribution in [0.25, 0.3) is 0 Å². The number of carbonyl (C=O) groups excluding carboxylic acids is 1. The van der Waals surface area contributed by atoms with Gasteiger partial charge in [0.2, 0.25) is 5.91 Å². The van der Waals surface area contributed by atoms with Crippen molar-refractivity contribution < 1.29 is 14.3 Å². The molecule has 1 saturated carbocycles. The average molecular weight is 457 g/mol. The molecule has 1 atom stereocenters. The quantitative estimate of drug-likeness (QED) is 0.516. The Morgan fingerprint density at radius 2 is 1.83 bits per heavy atom. The molecule has 1 aliphatic carbocycles. The minimum absolute atomic E-state index is 0.0864. The molecule has 0 heterocycles. The van der Waals surface area contributed by atoms with Crippen molar-refractivity contribution in [1.29, 1.82) is 0 Å². The number of benzene rings is 2. The first-order valence-electron chi connectivity index (χ1n) is 9.58. The van der Waals surface area contributed by atoms with Crippen LogP contribution in [0, 0.1) is 0 Å². The summed E-state index contributed by atoms with van der Waals surface area (Å²) in [6.45, 7) is 2.36. The van der Waals surface area contributed by atoms with E-state index >= 15 is 0 Å². The lowest BCUT2D eigenvalue weighted by Gasteiger charge is -2.29. The number of nitrogens with one attached hydrogen (secondary N) is 1. The highest BCUT2D eigenvalue weighted by molar-refractivity contribution is 6.35. The Hall–Kier alpha value is -1.46. The van der Waals surface area contributed by atoms with Crippen molar-refractivity contribution in [2.24, 2.45) is 0 Å². The van der Waals surface area contributed by atoms with Crippen molar-refractivity contribution in [3.8, 4) is 5.75 Å². The Bertz CT molecular complexity index is 882. The summed E-state index contributed by atoms with van der Waals surface area (Å²) >= 11 is 18.9. The largest absolute Gasteiger partial charge is 0.487 e. The summed E-state index contributed by atoms with van der Waals surface area (Å²) in [6.07, 6.45) is 3.29. The minimum Gasteiger partial charge on any atom is -0.487 e. The number of hydrogen-bond acceptors (Lipinski definition) is 3. The van der Waals surface area contributed by atoms with E-state index in [1.807, 2.05) is 13.0 Å². The van der Waals surface area contributed by atoms with Crippen molar-refractivity contribution in [2.75, 3.05) is 19.0 Å². The molecule has 0 radical (unpaired) electrons. The highest BCUT2D eigenvalue weighted by atomic mass is 35.5. The van der Waals surface area contributed by atoms with E-state index in [1.165, 1.54) is 0 Å². The normalized spacial score (nSPS) is 16.4. The molecule has 1 aliphatic rings. The van der Waals surface area contributed by atoms with Gasteiger partial charge in [0.15, 0.2) is 0 Å². The van der Waals surface area contributed by atoms with Crippen LogP contribution < -0.4 is 10.1 Å². The van der Waals surface area contributed by atoms with Crippen LogP contribution in [0.3, 0.4) is 0 Å². The maximum atomic E-state index is 13.3. The first-order valence-corrected chi connectivity index (χ1v) is 10.7. The van der Waals surface area contributed by atoms with E-state index in [0.717, 1.165) is 31.2 Å². The summed E-state index contributed by atoms with van der Waals surface area (Å²) in [7, 11) is 1.62. The Balaban J connectivity index is 1.81. The number of carbonyl (C=O) groups is 1. The molecule has 0 aliphatic heterocycles. The topological polar surface area (TPSA) is 47.6 Å². The predicted molar refractivity (Wildman–Crippen MR) is 119 cm³/mol. The molecule has 29 heavy (non-hydrogen) atoms. The standard InChI is InChI=1S/C22H24Cl3NO3/c1-14(13-28-2)29-20-8-6-16(12-19(20)25)26-21(27)22(9-3-4-10-22)17-7-5-15(23)11-18(17)24/h5-8,11-12,14H,3-4,9-10,13H2,1-2H3,(H,26,27)/t14-/m0/s1. The Morgan fingerprint density at radius 1 is 1.10 bits per heavy atom. The monoisotopic (exact) mass is 455 g/mol. The molecule has 4 nitrogen and oxygen atoms in total. The smallest absolute Gasteiger partial charge is 0.235 e. The van der Waals surface area contributed by atoms with Crippen LogP contribution in [0.1, 0.15) is 38.2 Å². The molecular weight excluding hydrogens is 433 g/mol. The lowest BCUT2D eigenvalue weighted by Crippen LogP contribution is -2.38. The van der Waals surface area contributed by atoms with Gasteiger partial charge in [-0.25, -0.2) is 0 Å². The molecular formula is C22H24Cl3NO3.